The van der Waals surface area contributed by atoms with E-state index in [1.165, 1.54) is 18.3 Å². The lowest BCUT2D eigenvalue weighted by atomic mass is 9.95. The van der Waals surface area contributed by atoms with E-state index >= 15 is 8.78 Å². The van der Waals surface area contributed by atoms with Crippen LogP contribution >= 0.6 is 0 Å². The Kier molecular flexibility index (Phi) is 11.6. The molecule has 350 valence electrons. The summed E-state index contributed by atoms with van der Waals surface area (Å²) in [7, 11) is -3.19. The molecule has 14 heteroatoms. The van der Waals surface area contributed by atoms with Crippen molar-refractivity contribution in [3.8, 4) is 17.3 Å². The number of hydrogen-bond donors (Lipinski definition) is 1. The lowest BCUT2D eigenvalue weighted by molar-refractivity contribution is 0.0122. The molecule has 0 radical (unpaired) electrons. The van der Waals surface area contributed by atoms with E-state index in [0.29, 0.717) is 36.3 Å². The molecule has 4 aromatic carbocycles. The highest BCUT2D eigenvalue weighted by Crippen LogP contribution is 2.48. The highest BCUT2D eigenvalue weighted by Gasteiger charge is 2.53. The molecule has 2 bridgehead atoms. The number of rotatable bonds is 11. The van der Waals surface area contributed by atoms with E-state index in [1.807, 2.05) is 62.1 Å². The first-order valence-corrected chi connectivity index (χ1v) is 25.7. The second kappa shape index (κ2) is 17.2. The van der Waals surface area contributed by atoms with Crippen LogP contribution in [0.5, 0.6) is 6.01 Å². The van der Waals surface area contributed by atoms with Gasteiger partial charge >= 0.3 is 12.1 Å². The molecule has 2 unspecified atom stereocenters. The molecule has 4 atom stereocenters. The third kappa shape index (κ3) is 8.01. The van der Waals surface area contributed by atoms with Crippen LogP contribution in [-0.2, 0) is 4.74 Å². The normalized spacial score (nSPS) is 22.2. The minimum Gasteiger partial charge on any atom is -0.461 e. The number of pyridine rings is 1. The standard InChI is InChI=1S/C53H59F3N6O4Si/c1-51(2,3)66-50(63)62-36-21-22-37(62)32-60(31-36)48-41-30-57-46(40-19-12-14-34-20-23-42(54)44(55)43(34)40)45(56)47(41)58-49(59-48)65-33-53-26-13-29-61(53)35(25-28-53)24-27-52(4,5)67(64,38-15-8-6-9-16-38)39-17-10-7-11-18-39/h6-12,14-20,23,30,35-37,64H,13,21-22,24-29,31-33H2,1-5H3/t35-,36?,37?,53-/m1/s1. The monoisotopic (exact) mass is 928 g/mol. The molecule has 0 aliphatic carbocycles. The molecule has 0 spiro atoms. The summed E-state index contributed by atoms with van der Waals surface area (Å²) < 4.78 is 59.9. The Morgan fingerprint density at radius 3 is 2.19 bits per heavy atom. The topological polar surface area (TPSA) is 104 Å². The number of halogens is 3. The molecule has 4 aliphatic rings. The lowest BCUT2D eigenvalue weighted by Gasteiger charge is -2.42. The van der Waals surface area contributed by atoms with Gasteiger partial charge in [-0.05, 0) is 106 Å². The average molecular weight is 929 g/mol. The first kappa shape index (κ1) is 45.2. The molecule has 2 aromatic heterocycles. The number of amides is 1. The van der Waals surface area contributed by atoms with Gasteiger partial charge in [-0.2, -0.15) is 9.97 Å². The number of aromatic nitrogens is 3. The van der Waals surface area contributed by atoms with Gasteiger partial charge < -0.3 is 19.2 Å². The molecule has 6 aromatic rings. The molecule has 4 aliphatic heterocycles. The summed E-state index contributed by atoms with van der Waals surface area (Å²) >= 11 is 0. The Morgan fingerprint density at radius 1 is 0.836 bits per heavy atom. The van der Waals surface area contributed by atoms with E-state index in [2.05, 4.69) is 52.9 Å². The zero-order valence-electron chi connectivity index (χ0n) is 38.9. The number of carbonyl (C=O) groups excluding carboxylic acids is 1. The molecule has 0 saturated carbocycles. The maximum Gasteiger partial charge on any atom is 0.410 e. The van der Waals surface area contributed by atoms with E-state index in [-0.39, 0.29) is 63.0 Å². The van der Waals surface area contributed by atoms with E-state index in [0.717, 1.165) is 74.4 Å². The van der Waals surface area contributed by atoms with E-state index < -0.39 is 31.4 Å². The maximum absolute atomic E-state index is 17.3. The Morgan fingerprint density at radius 2 is 1.52 bits per heavy atom. The number of fused-ring (bicyclic) bond motifs is 5. The summed E-state index contributed by atoms with van der Waals surface area (Å²) in [6.45, 7) is 12.1. The van der Waals surface area contributed by atoms with Crippen molar-refractivity contribution in [3.05, 3.63) is 115 Å². The van der Waals surface area contributed by atoms with Crippen LogP contribution in [0.15, 0.2) is 97.2 Å². The third-order valence-electron chi connectivity index (χ3n) is 15.2. The van der Waals surface area contributed by atoms with Gasteiger partial charge in [0.25, 0.3) is 8.32 Å². The molecule has 1 amide bonds. The minimum atomic E-state index is -3.19. The van der Waals surface area contributed by atoms with Crippen molar-refractivity contribution in [2.24, 2.45) is 0 Å². The van der Waals surface area contributed by atoms with Crippen molar-refractivity contribution in [2.75, 3.05) is 31.1 Å². The van der Waals surface area contributed by atoms with Gasteiger partial charge in [-0.15, -0.1) is 0 Å². The molecule has 1 N–H and O–H groups in total. The first-order chi connectivity index (χ1) is 32.1. The van der Waals surface area contributed by atoms with Gasteiger partial charge in [0.05, 0.1) is 23.0 Å². The van der Waals surface area contributed by atoms with Gasteiger partial charge in [-0.3, -0.25) is 14.8 Å². The lowest BCUT2D eigenvalue weighted by Crippen LogP contribution is -2.65. The second-order valence-electron chi connectivity index (χ2n) is 20.8. The zero-order valence-corrected chi connectivity index (χ0v) is 39.9. The van der Waals surface area contributed by atoms with Crippen LogP contribution in [-0.4, -0.2) is 99.5 Å². The van der Waals surface area contributed by atoms with Crippen LogP contribution in [0, 0.1) is 17.5 Å². The smallest absolute Gasteiger partial charge is 0.410 e. The highest BCUT2D eigenvalue weighted by atomic mass is 28.4. The number of anilines is 1. The average Bonchev–Trinajstić information content (AvgIpc) is 3.97. The van der Waals surface area contributed by atoms with Crippen LogP contribution in [0.1, 0.15) is 86.0 Å². The molecule has 4 saturated heterocycles. The van der Waals surface area contributed by atoms with Crippen LogP contribution in [0.25, 0.3) is 32.9 Å². The maximum atomic E-state index is 17.3. The second-order valence-corrected chi connectivity index (χ2v) is 24.8. The third-order valence-corrected chi connectivity index (χ3v) is 19.7. The first-order valence-electron chi connectivity index (χ1n) is 23.8. The number of ether oxygens (including phenoxy) is 2. The SMILES string of the molecule is CC(C)(C)OC(=O)N1C2CCC1CN(c1nc(OC[C@]34CCCN3[C@H](CCC(C)(C)[Si](O)(c3ccccc3)c3ccccc3)CC4)nc3c(F)c(-c4cccc5ccc(F)c(F)c45)ncc13)C2. The van der Waals surface area contributed by atoms with Gasteiger partial charge in [-0.25, -0.2) is 18.0 Å². The molecule has 10 rings (SSSR count). The molecule has 67 heavy (non-hydrogen) atoms. The fourth-order valence-corrected chi connectivity index (χ4v) is 15.6. The zero-order chi connectivity index (χ0) is 46.9. The highest BCUT2D eigenvalue weighted by molar-refractivity contribution is 6.98. The Balaban J connectivity index is 0.956. The van der Waals surface area contributed by atoms with Gasteiger partial charge in [0.1, 0.15) is 29.2 Å². The Labute approximate surface area is 391 Å². The van der Waals surface area contributed by atoms with E-state index in [4.69, 9.17) is 19.4 Å². The van der Waals surface area contributed by atoms with Gasteiger partial charge in [0.15, 0.2) is 17.5 Å². The summed E-state index contributed by atoms with van der Waals surface area (Å²) in [4.78, 5) is 47.1. The van der Waals surface area contributed by atoms with E-state index in [9.17, 15) is 14.0 Å². The van der Waals surface area contributed by atoms with Crippen molar-refractivity contribution in [1.29, 1.82) is 0 Å². The molecule has 6 heterocycles. The Bertz CT molecular complexity index is 2780. The van der Waals surface area contributed by atoms with Crippen molar-refractivity contribution in [2.45, 2.75) is 120 Å². The van der Waals surface area contributed by atoms with Crippen molar-refractivity contribution >= 4 is 52.3 Å². The quantitative estimate of drug-likeness (QED) is 0.127. The summed E-state index contributed by atoms with van der Waals surface area (Å²) in [5, 5.41) is 2.32. The number of nitrogens with zero attached hydrogens (tertiary/aromatic N) is 6. The van der Waals surface area contributed by atoms with Crippen LogP contribution < -0.4 is 20.0 Å². The number of carbonyl (C=O) groups is 1. The fraction of sp³-hybridized carbons (Fsp3) is 0.434. The summed E-state index contributed by atoms with van der Waals surface area (Å²) in [6, 6.07) is 27.7. The van der Waals surface area contributed by atoms with Crippen molar-refractivity contribution in [1.82, 2.24) is 24.8 Å². The van der Waals surface area contributed by atoms with Gasteiger partial charge in [-0.1, -0.05) is 98.8 Å². The molecular weight excluding hydrogens is 870 g/mol. The fourth-order valence-electron chi connectivity index (χ4n) is 11.8. The number of piperazine rings is 1. The van der Waals surface area contributed by atoms with Crippen molar-refractivity contribution in [3.63, 3.8) is 0 Å². The van der Waals surface area contributed by atoms with Crippen molar-refractivity contribution < 1.29 is 32.2 Å². The molecular formula is C53H59F3N6O4Si. The summed E-state index contributed by atoms with van der Waals surface area (Å²) in [6.07, 6.45) is 8.31. The number of benzene rings is 4. The minimum absolute atomic E-state index is 0.0169. The summed E-state index contributed by atoms with van der Waals surface area (Å²) in [5.74, 6) is -2.47. The van der Waals surface area contributed by atoms with Crippen LogP contribution in [0.3, 0.4) is 0 Å². The predicted molar refractivity (Wildman–Crippen MR) is 258 cm³/mol. The van der Waals surface area contributed by atoms with Crippen LogP contribution in [0.4, 0.5) is 23.8 Å². The van der Waals surface area contributed by atoms with E-state index in [1.54, 1.807) is 12.1 Å². The number of hydrogen-bond acceptors (Lipinski definition) is 9. The predicted octanol–water partition coefficient (Wildman–Crippen LogP) is 9.54. The van der Waals surface area contributed by atoms with Gasteiger partial charge in [0, 0.05) is 36.3 Å². The summed E-state index contributed by atoms with van der Waals surface area (Å²) in [5.41, 5.74) is -1.02. The molecule has 10 nitrogen and oxygen atoms in total. The largest absolute Gasteiger partial charge is 0.461 e. The van der Waals surface area contributed by atoms with Crippen LogP contribution in [0.2, 0.25) is 5.04 Å². The molecule has 4 fully saturated rings. The van der Waals surface area contributed by atoms with Gasteiger partial charge in [0.2, 0.25) is 0 Å². The Hall–Kier alpha value is -5.57.